The minimum absolute atomic E-state index is 0.106. The molecule has 2 aliphatic rings. The smallest absolute Gasteiger partial charge is 0.277 e. The number of carbonyl (C=O) groups is 1. The molecule has 1 fully saturated rings. The van der Waals surface area contributed by atoms with E-state index in [0.29, 0.717) is 19.0 Å². The summed E-state index contributed by atoms with van der Waals surface area (Å²) in [5.74, 6) is 0.309. The molecular formula is C25H25BrClN3O3. The number of halogens is 2. The van der Waals surface area contributed by atoms with Gasteiger partial charge in [0.25, 0.3) is 5.91 Å². The van der Waals surface area contributed by atoms with E-state index in [-0.39, 0.29) is 12.5 Å². The number of ether oxygens (including phenoxy) is 2. The van der Waals surface area contributed by atoms with Gasteiger partial charge in [-0.2, -0.15) is 5.10 Å². The molecular weight excluding hydrogens is 506 g/mol. The second-order valence-corrected chi connectivity index (χ2v) is 9.09. The molecule has 8 heteroatoms. The first-order valence-electron chi connectivity index (χ1n) is 10.8. The van der Waals surface area contributed by atoms with E-state index in [1.165, 1.54) is 11.3 Å². The number of nitrogens with one attached hydrogen (secondary N) is 1. The molecule has 4 rings (SSSR count). The second kappa shape index (κ2) is 11.5. The number of hydrazone groups is 1. The third kappa shape index (κ3) is 6.69. The van der Waals surface area contributed by atoms with Crippen LogP contribution in [0.4, 0.5) is 0 Å². The predicted octanol–water partition coefficient (Wildman–Crippen LogP) is 5.05. The molecule has 6 nitrogen and oxygen atoms in total. The monoisotopic (exact) mass is 529 g/mol. The zero-order valence-electron chi connectivity index (χ0n) is 18.1. The maximum absolute atomic E-state index is 12.2. The summed E-state index contributed by atoms with van der Waals surface area (Å²) in [6.07, 6.45) is 5.73. The summed E-state index contributed by atoms with van der Waals surface area (Å²) in [6, 6.07) is 15.2. The first-order chi connectivity index (χ1) is 16.1. The third-order valence-corrected chi connectivity index (χ3v) is 6.13. The number of nitrogens with zero attached hydrogens (tertiary/aromatic N) is 2. The SMILES string of the molecule is O=C(COc1cccc(Br)c1)N/N=C\C1=C(N2CCOCC2)C(=C/c2ccc(Cl)cc2)/CC1. The van der Waals surface area contributed by atoms with Crippen molar-refractivity contribution in [3.8, 4) is 5.75 Å². The van der Waals surface area contributed by atoms with Crippen molar-refractivity contribution in [2.24, 2.45) is 5.10 Å². The molecule has 0 bridgehead atoms. The molecule has 0 aromatic heterocycles. The van der Waals surface area contributed by atoms with E-state index in [0.717, 1.165) is 46.6 Å². The maximum Gasteiger partial charge on any atom is 0.277 e. The molecule has 172 valence electrons. The lowest BCUT2D eigenvalue weighted by Crippen LogP contribution is -2.36. The molecule has 1 saturated heterocycles. The van der Waals surface area contributed by atoms with Crippen LogP contribution in [0, 0.1) is 0 Å². The number of morpholine rings is 1. The van der Waals surface area contributed by atoms with Gasteiger partial charge in [-0.25, -0.2) is 5.43 Å². The number of benzene rings is 2. The lowest BCUT2D eigenvalue weighted by Gasteiger charge is -2.31. The Morgan fingerprint density at radius 3 is 2.73 bits per heavy atom. The van der Waals surface area contributed by atoms with Gasteiger partial charge in [-0.15, -0.1) is 0 Å². The average molecular weight is 531 g/mol. The normalized spacial score (nSPS) is 17.8. The van der Waals surface area contributed by atoms with E-state index in [4.69, 9.17) is 21.1 Å². The molecule has 1 heterocycles. The molecule has 1 N–H and O–H groups in total. The van der Waals surface area contributed by atoms with Gasteiger partial charge in [0.15, 0.2) is 6.61 Å². The number of rotatable bonds is 7. The van der Waals surface area contributed by atoms with Crippen molar-refractivity contribution in [1.82, 2.24) is 10.3 Å². The molecule has 0 saturated carbocycles. The lowest BCUT2D eigenvalue weighted by molar-refractivity contribution is -0.123. The number of hydrogen-bond donors (Lipinski definition) is 1. The Kier molecular flexibility index (Phi) is 8.20. The molecule has 2 aromatic rings. The lowest BCUT2D eigenvalue weighted by atomic mass is 10.1. The van der Waals surface area contributed by atoms with Crippen molar-refractivity contribution < 1.29 is 14.3 Å². The van der Waals surface area contributed by atoms with Crippen LogP contribution in [0.3, 0.4) is 0 Å². The summed E-state index contributed by atoms with van der Waals surface area (Å²) < 4.78 is 11.9. The van der Waals surface area contributed by atoms with Crippen LogP contribution in [0.2, 0.25) is 5.02 Å². The largest absolute Gasteiger partial charge is 0.484 e. The van der Waals surface area contributed by atoms with Crippen LogP contribution in [-0.2, 0) is 9.53 Å². The predicted molar refractivity (Wildman–Crippen MR) is 134 cm³/mol. The van der Waals surface area contributed by atoms with Gasteiger partial charge >= 0.3 is 0 Å². The van der Waals surface area contributed by atoms with E-state index in [1.54, 1.807) is 12.3 Å². The zero-order valence-corrected chi connectivity index (χ0v) is 20.4. The van der Waals surface area contributed by atoms with Gasteiger partial charge in [-0.1, -0.05) is 45.7 Å². The summed E-state index contributed by atoms with van der Waals surface area (Å²) in [6.45, 7) is 2.96. The van der Waals surface area contributed by atoms with Crippen molar-refractivity contribution in [2.75, 3.05) is 32.9 Å². The number of allylic oxidation sites excluding steroid dienone is 2. The van der Waals surface area contributed by atoms with E-state index in [1.807, 2.05) is 42.5 Å². The fraction of sp³-hybridized carbons (Fsp3) is 0.280. The highest BCUT2D eigenvalue weighted by atomic mass is 79.9. The Balaban J connectivity index is 1.45. The first kappa shape index (κ1) is 23.5. The first-order valence-corrected chi connectivity index (χ1v) is 12.0. The minimum Gasteiger partial charge on any atom is -0.484 e. The molecule has 33 heavy (non-hydrogen) atoms. The van der Waals surface area contributed by atoms with Crippen LogP contribution < -0.4 is 10.2 Å². The Bertz CT molecular complexity index is 1080. The Hall–Kier alpha value is -2.61. The number of amides is 1. The van der Waals surface area contributed by atoms with Gasteiger partial charge in [0.2, 0.25) is 0 Å². The van der Waals surface area contributed by atoms with Gasteiger partial charge in [0, 0.05) is 28.3 Å². The van der Waals surface area contributed by atoms with E-state index in [9.17, 15) is 4.79 Å². The highest BCUT2D eigenvalue weighted by Gasteiger charge is 2.25. The third-order valence-electron chi connectivity index (χ3n) is 5.39. The molecule has 0 radical (unpaired) electrons. The summed E-state index contributed by atoms with van der Waals surface area (Å²) in [5.41, 5.74) is 7.21. The quantitative estimate of drug-likeness (QED) is 0.402. The molecule has 2 aromatic carbocycles. The van der Waals surface area contributed by atoms with Crippen molar-refractivity contribution in [2.45, 2.75) is 12.8 Å². The molecule has 0 atom stereocenters. The van der Waals surface area contributed by atoms with E-state index >= 15 is 0 Å². The Morgan fingerprint density at radius 2 is 1.97 bits per heavy atom. The van der Waals surface area contributed by atoms with Gasteiger partial charge in [-0.05, 0) is 66.0 Å². The molecule has 1 aliphatic carbocycles. The summed E-state index contributed by atoms with van der Waals surface area (Å²) in [5, 5.41) is 4.93. The summed E-state index contributed by atoms with van der Waals surface area (Å²) >= 11 is 9.42. The van der Waals surface area contributed by atoms with Crippen molar-refractivity contribution in [3.63, 3.8) is 0 Å². The van der Waals surface area contributed by atoms with Crippen molar-refractivity contribution in [1.29, 1.82) is 0 Å². The van der Waals surface area contributed by atoms with Crippen LogP contribution in [0.5, 0.6) is 5.75 Å². The average Bonchev–Trinajstić information content (AvgIpc) is 3.22. The van der Waals surface area contributed by atoms with Gasteiger partial charge < -0.3 is 14.4 Å². The standard InChI is InChI=1S/C25H25BrClN3O3/c26-21-2-1-3-23(15-21)33-17-24(31)29-28-16-20-7-6-19(14-18-4-8-22(27)9-5-18)25(20)30-10-12-32-13-11-30/h1-5,8-9,14-16H,6-7,10-13,17H2,(H,29,31)/b19-14+,28-16-. The topological polar surface area (TPSA) is 63.2 Å². The van der Waals surface area contributed by atoms with E-state index in [2.05, 4.69) is 37.4 Å². The second-order valence-electron chi connectivity index (χ2n) is 7.73. The van der Waals surface area contributed by atoms with E-state index < -0.39 is 0 Å². The van der Waals surface area contributed by atoms with Crippen LogP contribution in [0.1, 0.15) is 18.4 Å². The minimum atomic E-state index is -0.310. The molecule has 1 aliphatic heterocycles. The van der Waals surface area contributed by atoms with Crippen LogP contribution in [-0.4, -0.2) is 49.9 Å². The maximum atomic E-state index is 12.2. The van der Waals surface area contributed by atoms with Crippen LogP contribution in [0.15, 0.2) is 74.9 Å². The molecule has 1 amide bonds. The summed E-state index contributed by atoms with van der Waals surface area (Å²) in [4.78, 5) is 14.5. The van der Waals surface area contributed by atoms with Crippen molar-refractivity contribution >= 4 is 45.7 Å². The van der Waals surface area contributed by atoms with Crippen LogP contribution >= 0.6 is 27.5 Å². The van der Waals surface area contributed by atoms with Crippen molar-refractivity contribution in [3.05, 3.63) is 80.4 Å². The summed E-state index contributed by atoms with van der Waals surface area (Å²) in [7, 11) is 0. The van der Waals surface area contributed by atoms with Gasteiger partial charge in [-0.3, -0.25) is 4.79 Å². The Labute approximate surface area is 207 Å². The highest BCUT2D eigenvalue weighted by molar-refractivity contribution is 9.10. The van der Waals surface area contributed by atoms with Crippen LogP contribution in [0.25, 0.3) is 6.08 Å². The number of carbonyl (C=O) groups excluding carboxylic acids is 1. The fourth-order valence-electron chi connectivity index (χ4n) is 3.85. The highest BCUT2D eigenvalue weighted by Crippen LogP contribution is 2.35. The molecule has 0 unspecified atom stereocenters. The number of hydrogen-bond acceptors (Lipinski definition) is 5. The van der Waals surface area contributed by atoms with Gasteiger partial charge in [0.05, 0.1) is 19.4 Å². The van der Waals surface area contributed by atoms with Gasteiger partial charge in [0.1, 0.15) is 5.75 Å². The molecule has 0 spiro atoms. The zero-order chi connectivity index (χ0) is 23.0. The Morgan fingerprint density at radius 1 is 1.18 bits per heavy atom. The fourth-order valence-corrected chi connectivity index (χ4v) is 4.36.